The predicted molar refractivity (Wildman–Crippen MR) is 128 cm³/mol. The van der Waals surface area contributed by atoms with Gasteiger partial charge in [0.05, 0.1) is 18.6 Å². The minimum absolute atomic E-state index is 0.138. The van der Waals surface area contributed by atoms with Gasteiger partial charge in [-0.15, -0.1) is 10.2 Å². The third kappa shape index (κ3) is 5.82. The molecule has 0 aliphatic rings. The van der Waals surface area contributed by atoms with Crippen molar-refractivity contribution in [1.82, 2.24) is 14.8 Å². The summed E-state index contributed by atoms with van der Waals surface area (Å²) in [6.45, 7) is 8.99. The molecule has 0 saturated carbocycles. The summed E-state index contributed by atoms with van der Waals surface area (Å²) < 4.78 is 13.4. The van der Waals surface area contributed by atoms with Crippen LogP contribution in [0.25, 0.3) is 0 Å². The topological polar surface area (TPSA) is 78.3 Å². The Bertz CT molecular complexity index is 1030. The Morgan fingerprint density at radius 3 is 2.47 bits per heavy atom. The number of aromatic nitrogens is 3. The summed E-state index contributed by atoms with van der Waals surface area (Å²) in [5.41, 5.74) is 1.91. The molecule has 1 atom stereocenters. The molecule has 0 spiro atoms. The third-order valence-electron chi connectivity index (χ3n) is 5.00. The Morgan fingerprint density at radius 2 is 1.81 bits per heavy atom. The molecule has 1 amide bonds. The summed E-state index contributed by atoms with van der Waals surface area (Å²) in [6, 6.07) is 15.4. The minimum Gasteiger partial charge on any atom is -0.495 e. The molecule has 1 heterocycles. The molecule has 170 valence electrons. The molecule has 1 N–H and O–H groups in total. The van der Waals surface area contributed by atoms with Gasteiger partial charge in [0.2, 0.25) is 5.91 Å². The second-order valence-corrected chi connectivity index (χ2v) is 8.55. The average Bonchev–Trinajstić information content (AvgIpc) is 3.21. The van der Waals surface area contributed by atoms with Crippen LogP contribution in [0.5, 0.6) is 11.5 Å². The first kappa shape index (κ1) is 23.7. The Kier molecular flexibility index (Phi) is 8.16. The Morgan fingerprint density at radius 1 is 1.09 bits per heavy atom. The number of carbonyl (C=O) groups excluding carboxylic acids is 1. The number of para-hydroxylation sites is 2. The number of methoxy groups -OCH3 is 1. The molecule has 1 unspecified atom stereocenters. The van der Waals surface area contributed by atoms with E-state index >= 15 is 0 Å². The number of carbonyl (C=O) groups is 1. The van der Waals surface area contributed by atoms with E-state index in [0.717, 1.165) is 11.6 Å². The van der Waals surface area contributed by atoms with Gasteiger partial charge in [0.25, 0.3) is 0 Å². The molecule has 7 nitrogen and oxygen atoms in total. The zero-order valence-electron chi connectivity index (χ0n) is 19.2. The van der Waals surface area contributed by atoms with Crippen LogP contribution in [0, 0.1) is 0 Å². The highest BCUT2D eigenvalue weighted by molar-refractivity contribution is 7.99. The summed E-state index contributed by atoms with van der Waals surface area (Å²) in [7, 11) is 1.58. The van der Waals surface area contributed by atoms with Gasteiger partial charge in [-0.2, -0.15) is 0 Å². The molecule has 2 aromatic carbocycles. The Hall–Kier alpha value is -3.00. The van der Waals surface area contributed by atoms with Crippen molar-refractivity contribution in [3.63, 3.8) is 0 Å². The van der Waals surface area contributed by atoms with Crippen molar-refractivity contribution in [3.05, 3.63) is 59.9 Å². The van der Waals surface area contributed by atoms with E-state index in [4.69, 9.17) is 9.47 Å². The maximum absolute atomic E-state index is 12.4. The first-order chi connectivity index (χ1) is 15.4. The number of hydrogen-bond donors (Lipinski definition) is 1. The molecule has 0 saturated heterocycles. The van der Waals surface area contributed by atoms with Gasteiger partial charge >= 0.3 is 0 Å². The number of thioether (sulfide) groups is 1. The molecule has 3 rings (SSSR count). The fourth-order valence-corrected chi connectivity index (χ4v) is 4.07. The first-order valence-electron chi connectivity index (χ1n) is 10.7. The molecule has 0 radical (unpaired) electrons. The van der Waals surface area contributed by atoms with Crippen molar-refractivity contribution in [1.29, 1.82) is 0 Å². The molecular weight excluding hydrogens is 424 g/mol. The fourth-order valence-electron chi connectivity index (χ4n) is 3.26. The van der Waals surface area contributed by atoms with Crippen molar-refractivity contribution < 1.29 is 14.3 Å². The van der Waals surface area contributed by atoms with Crippen LogP contribution in [0.2, 0.25) is 0 Å². The molecule has 0 fully saturated rings. The minimum atomic E-state index is -0.274. The van der Waals surface area contributed by atoms with Crippen molar-refractivity contribution >= 4 is 23.4 Å². The zero-order chi connectivity index (χ0) is 23.1. The third-order valence-corrected chi connectivity index (χ3v) is 5.97. The van der Waals surface area contributed by atoms with E-state index in [1.54, 1.807) is 19.2 Å². The van der Waals surface area contributed by atoms with Gasteiger partial charge in [0.15, 0.2) is 17.1 Å². The number of hydrogen-bond acceptors (Lipinski definition) is 6. The van der Waals surface area contributed by atoms with Crippen LogP contribution in [0.15, 0.2) is 53.7 Å². The van der Waals surface area contributed by atoms with Gasteiger partial charge in [0.1, 0.15) is 11.5 Å². The SMILES string of the molecule is CCn1c(SCC(=O)Nc2ccccc2OC)nnc1C(C)Oc1ccc(C(C)C)cc1. The Balaban J connectivity index is 1.63. The average molecular weight is 455 g/mol. The van der Waals surface area contributed by atoms with E-state index in [2.05, 4.69) is 41.5 Å². The number of ether oxygens (including phenoxy) is 2. The van der Waals surface area contributed by atoms with E-state index in [1.165, 1.54) is 17.3 Å². The van der Waals surface area contributed by atoms with Crippen molar-refractivity contribution in [2.24, 2.45) is 0 Å². The number of nitrogens with zero attached hydrogens (tertiary/aromatic N) is 3. The van der Waals surface area contributed by atoms with E-state index < -0.39 is 0 Å². The van der Waals surface area contributed by atoms with Crippen LogP contribution in [0.1, 0.15) is 51.1 Å². The molecular formula is C24H30N4O3S. The Labute approximate surface area is 193 Å². The summed E-state index contributed by atoms with van der Waals surface area (Å²) in [5.74, 6) is 2.69. The zero-order valence-corrected chi connectivity index (χ0v) is 20.0. The number of rotatable bonds is 10. The lowest BCUT2D eigenvalue weighted by Crippen LogP contribution is -2.16. The van der Waals surface area contributed by atoms with Gasteiger partial charge in [-0.1, -0.05) is 49.9 Å². The number of nitrogens with one attached hydrogen (secondary N) is 1. The van der Waals surface area contributed by atoms with Crippen LogP contribution in [0.3, 0.4) is 0 Å². The highest BCUT2D eigenvalue weighted by atomic mass is 32.2. The van der Waals surface area contributed by atoms with Crippen molar-refractivity contribution in [2.75, 3.05) is 18.2 Å². The molecule has 8 heteroatoms. The lowest BCUT2D eigenvalue weighted by atomic mass is 10.0. The molecule has 3 aromatic rings. The largest absolute Gasteiger partial charge is 0.495 e. The molecule has 1 aromatic heterocycles. The van der Waals surface area contributed by atoms with Crippen LogP contribution in [-0.2, 0) is 11.3 Å². The molecule has 0 aliphatic carbocycles. The monoisotopic (exact) mass is 454 g/mol. The van der Waals surface area contributed by atoms with Gasteiger partial charge in [0, 0.05) is 6.54 Å². The van der Waals surface area contributed by atoms with Crippen LogP contribution in [0.4, 0.5) is 5.69 Å². The predicted octanol–water partition coefficient (Wildman–Crippen LogP) is 5.30. The van der Waals surface area contributed by atoms with E-state index in [0.29, 0.717) is 29.1 Å². The normalized spacial score (nSPS) is 11.9. The smallest absolute Gasteiger partial charge is 0.234 e. The van der Waals surface area contributed by atoms with E-state index in [-0.39, 0.29) is 17.8 Å². The van der Waals surface area contributed by atoms with Gasteiger partial charge in [-0.05, 0) is 49.6 Å². The van der Waals surface area contributed by atoms with E-state index in [1.807, 2.05) is 42.7 Å². The lowest BCUT2D eigenvalue weighted by Gasteiger charge is -2.16. The quantitative estimate of drug-likeness (QED) is 0.419. The number of amides is 1. The maximum Gasteiger partial charge on any atom is 0.234 e. The van der Waals surface area contributed by atoms with E-state index in [9.17, 15) is 4.79 Å². The standard InChI is InChI=1S/C24H30N4O3S/c1-6-28-23(17(4)31-19-13-11-18(12-14-19)16(2)3)26-27-24(28)32-15-22(29)25-20-9-7-8-10-21(20)30-5/h7-14,16-17H,6,15H2,1-5H3,(H,25,29). The number of anilines is 1. The molecule has 0 bridgehead atoms. The summed E-state index contributed by atoms with van der Waals surface area (Å²) >= 11 is 1.34. The highest BCUT2D eigenvalue weighted by Crippen LogP contribution is 2.27. The second kappa shape index (κ2) is 11.0. The number of benzene rings is 2. The van der Waals surface area contributed by atoms with Crippen LogP contribution < -0.4 is 14.8 Å². The summed E-state index contributed by atoms with van der Waals surface area (Å²) in [4.78, 5) is 12.4. The van der Waals surface area contributed by atoms with Gasteiger partial charge in [-0.25, -0.2) is 0 Å². The van der Waals surface area contributed by atoms with Gasteiger partial charge in [-0.3, -0.25) is 4.79 Å². The fraction of sp³-hybridized carbons (Fsp3) is 0.375. The second-order valence-electron chi connectivity index (χ2n) is 7.61. The van der Waals surface area contributed by atoms with Gasteiger partial charge < -0.3 is 19.4 Å². The highest BCUT2D eigenvalue weighted by Gasteiger charge is 2.20. The maximum atomic E-state index is 12.4. The molecule has 0 aliphatic heterocycles. The van der Waals surface area contributed by atoms with Crippen LogP contribution >= 0.6 is 11.8 Å². The van der Waals surface area contributed by atoms with Crippen molar-refractivity contribution in [2.45, 2.75) is 51.4 Å². The first-order valence-corrected chi connectivity index (χ1v) is 11.7. The van der Waals surface area contributed by atoms with Crippen molar-refractivity contribution in [3.8, 4) is 11.5 Å². The molecule has 32 heavy (non-hydrogen) atoms. The van der Waals surface area contributed by atoms with Crippen LogP contribution in [-0.4, -0.2) is 33.5 Å². The summed E-state index contributed by atoms with van der Waals surface area (Å²) in [5, 5.41) is 12.2. The lowest BCUT2D eigenvalue weighted by molar-refractivity contribution is -0.113. The summed E-state index contributed by atoms with van der Waals surface area (Å²) in [6.07, 6.45) is -0.274.